The molecule has 0 bridgehead atoms. The molecule has 134 valence electrons. The second kappa shape index (κ2) is 6.32. The molecule has 25 heavy (non-hydrogen) atoms. The highest BCUT2D eigenvalue weighted by molar-refractivity contribution is 7.89. The van der Waals surface area contributed by atoms with Crippen LogP contribution in [0.25, 0.3) is 0 Å². The number of sulfonamides is 1. The Morgan fingerprint density at radius 3 is 2.88 bits per heavy atom. The van der Waals surface area contributed by atoms with Crippen molar-refractivity contribution in [1.82, 2.24) is 19.2 Å². The maximum atomic E-state index is 13.2. The molecule has 1 aromatic carbocycles. The number of fused-ring (bicyclic) bond motifs is 1. The molecule has 1 aromatic heterocycles. The average molecular weight is 364 g/mol. The van der Waals surface area contributed by atoms with E-state index in [4.69, 9.17) is 9.47 Å². The third-order valence-electron chi connectivity index (χ3n) is 4.59. The molecule has 2 aliphatic rings. The summed E-state index contributed by atoms with van der Waals surface area (Å²) in [6.45, 7) is 2.14. The highest BCUT2D eigenvalue weighted by Crippen LogP contribution is 2.38. The molecule has 1 fully saturated rings. The van der Waals surface area contributed by atoms with Crippen molar-refractivity contribution >= 4 is 10.0 Å². The third kappa shape index (κ3) is 2.88. The minimum atomic E-state index is -3.69. The summed E-state index contributed by atoms with van der Waals surface area (Å²) in [6, 6.07) is 4.86. The summed E-state index contributed by atoms with van der Waals surface area (Å²) in [7, 11) is -1.72. The standard InChI is InChI=1S/C16H20N4O4S/c1-19-7-8-20(11-12(19)16-17-5-6-18-16)25(21,22)14-4-2-3-13-15(14)24-10-9-23-13/h2-6,12H,7-11H2,1H3,(H,17,18)/t12-/m1/s1. The van der Waals surface area contributed by atoms with Crippen molar-refractivity contribution in [2.45, 2.75) is 10.9 Å². The summed E-state index contributed by atoms with van der Waals surface area (Å²) in [4.78, 5) is 9.63. The van der Waals surface area contributed by atoms with Gasteiger partial charge in [-0.05, 0) is 19.2 Å². The minimum absolute atomic E-state index is 0.116. The fraction of sp³-hybridized carbons (Fsp3) is 0.438. The lowest BCUT2D eigenvalue weighted by molar-refractivity contribution is 0.141. The topological polar surface area (TPSA) is 87.8 Å². The van der Waals surface area contributed by atoms with E-state index in [-0.39, 0.29) is 10.9 Å². The maximum Gasteiger partial charge on any atom is 0.247 e. The van der Waals surface area contributed by atoms with Gasteiger partial charge in [-0.2, -0.15) is 4.31 Å². The molecule has 3 heterocycles. The highest BCUT2D eigenvalue weighted by Gasteiger charge is 2.37. The Morgan fingerprint density at radius 1 is 1.24 bits per heavy atom. The first-order valence-corrected chi connectivity index (χ1v) is 9.59. The summed E-state index contributed by atoms with van der Waals surface area (Å²) < 4.78 is 39.0. The molecule has 0 radical (unpaired) electrons. The average Bonchev–Trinajstić information content (AvgIpc) is 3.16. The van der Waals surface area contributed by atoms with Crippen molar-refractivity contribution in [1.29, 1.82) is 0 Å². The lowest BCUT2D eigenvalue weighted by Crippen LogP contribution is -2.49. The largest absolute Gasteiger partial charge is 0.486 e. The minimum Gasteiger partial charge on any atom is -0.486 e. The first kappa shape index (κ1) is 16.4. The number of para-hydroxylation sites is 1. The van der Waals surface area contributed by atoms with Gasteiger partial charge in [-0.3, -0.25) is 4.90 Å². The van der Waals surface area contributed by atoms with Crippen molar-refractivity contribution in [2.75, 3.05) is 39.9 Å². The SMILES string of the molecule is CN1CCN(S(=O)(=O)c2cccc3c2OCCO3)C[C@@H]1c1ncc[nH]1. The number of ether oxygens (including phenoxy) is 2. The number of aromatic nitrogens is 2. The van der Waals surface area contributed by atoms with Gasteiger partial charge in [0, 0.05) is 32.0 Å². The van der Waals surface area contributed by atoms with Gasteiger partial charge in [0.1, 0.15) is 23.9 Å². The second-order valence-corrected chi connectivity index (χ2v) is 8.02. The van der Waals surface area contributed by atoms with Crippen LogP contribution in [0.1, 0.15) is 11.9 Å². The molecule has 0 unspecified atom stereocenters. The number of benzene rings is 1. The number of H-pyrrole nitrogens is 1. The van der Waals surface area contributed by atoms with E-state index in [1.54, 1.807) is 30.6 Å². The van der Waals surface area contributed by atoms with Crippen molar-refractivity contribution in [3.05, 3.63) is 36.4 Å². The van der Waals surface area contributed by atoms with Crippen LogP contribution in [0.4, 0.5) is 0 Å². The van der Waals surface area contributed by atoms with E-state index < -0.39 is 10.0 Å². The summed E-state index contributed by atoms with van der Waals surface area (Å²) in [5.41, 5.74) is 0. The van der Waals surface area contributed by atoms with E-state index in [9.17, 15) is 8.42 Å². The van der Waals surface area contributed by atoms with Crippen LogP contribution in [0, 0.1) is 0 Å². The Kier molecular flexibility index (Phi) is 4.14. The summed E-state index contributed by atoms with van der Waals surface area (Å²) in [5.74, 6) is 1.54. The van der Waals surface area contributed by atoms with Gasteiger partial charge >= 0.3 is 0 Å². The van der Waals surface area contributed by atoms with Crippen LogP contribution in [0.3, 0.4) is 0 Å². The van der Waals surface area contributed by atoms with Gasteiger partial charge in [-0.15, -0.1) is 0 Å². The van der Waals surface area contributed by atoms with E-state index in [0.29, 0.717) is 44.3 Å². The van der Waals surface area contributed by atoms with Gasteiger partial charge in [0.2, 0.25) is 10.0 Å². The molecule has 2 aliphatic heterocycles. The van der Waals surface area contributed by atoms with Crippen molar-refractivity contribution in [2.24, 2.45) is 0 Å². The predicted molar refractivity (Wildman–Crippen MR) is 90.1 cm³/mol. The van der Waals surface area contributed by atoms with Crippen LogP contribution in [0.2, 0.25) is 0 Å². The number of hydrogen-bond acceptors (Lipinski definition) is 6. The number of nitrogens with one attached hydrogen (secondary N) is 1. The van der Waals surface area contributed by atoms with Gasteiger partial charge in [0.15, 0.2) is 11.5 Å². The van der Waals surface area contributed by atoms with Gasteiger partial charge in [0.25, 0.3) is 0 Å². The Labute approximate surface area is 146 Å². The van der Waals surface area contributed by atoms with Crippen molar-refractivity contribution in [3.63, 3.8) is 0 Å². The smallest absolute Gasteiger partial charge is 0.247 e. The van der Waals surface area contributed by atoms with Crippen LogP contribution in [-0.4, -0.2) is 67.5 Å². The molecule has 8 nitrogen and oxygen atoms in total. The molecule has 0 aliphatic carbocycles. The number of likely N-dealkylation sites (N-methyl/N-ethyl adjacent to an activating group) is 1. The van der Waals surface area contributed by atoms with E-state index in [0.717, 1.165) is 5.82 Å². The molecule has 0 amide bonds. The Hall–Kier alpha value is -2.10. The fourth-order valence-electron chi connectivity index (χ4n) is 3.21. The van der Waals surface area contributed by atoms with Gasteiger partial charge < -0.3 is 14.5 Å². The molecule has 1 saturated heterocycles. The zero-order valence-electron chi connectivity index (χ0n) is 13.9. The van der Waals surface area contributed by atoms with E-state index in [2.05, 4.69) is 14.9 Å². The third-order valence-corrected chi connectivity index (χ3v) is 6.48. The van der Waals surface area contributed by atoms with E-state index >= 15 is 0 Å². The normalized spacial score (nSPS) is 22.0. The van der Waals surface area contributed by atoms with Crippen molar-refractivity contribution in [3.8, 4) is 11.5 Å². The fourth-order valence-corrected chi connectivity index (χ4v) is 4.79. The summed E-state index contributed by atoms with van der Waals surface area (Å²) >= 11 is 0. The van der Waals surface area contributed by atoms with E-state index in [1.165, 1.54) is 4.31 Å². The van der Waals surface area contributed by atoms with Gasteiger partial charge in [0.05, 0.1) is 6.04 Å². The molecular formula is C16H20N4O4S. The molecular weight excluding hydrogens is 344 g/mol. The monoisotopic (exact) mass is 364 g/mol. The number of aromatic amines is 1. The zero-order valence-corrected chi connectivity index (χ0v) is 14.7. The molecule has 1 atom stereocenters. The Balaban J connectivity index is 1.67. The van der Waals surface area contributed by atoms with Crippen LogP contribution in [0.15, 0.2) is 35.5 Å². The van der Waals surface area contributed by atoms with Crippen LogP contribution in [-0.2, 0) is 10.0 Å². The zero-order chi connectivity index (χ0) is 17.4. The number of rotatable bonds is 3. The summed E-state index contributed by atoms with van der Waals surface area (Å²) in [5, 5.41) is 0. The Morgan fingerprint density at radius 2 is 2.08 bits per heavy atom. The van der Waals surface area contributed by atoms with Gasteiger partial charge in [-0.1, -0.05) is 6.07 Å². The molecule has 9 heteroatoms. The molecule has 4 rings (SSSR count). The number of imidazole rings is 1. The molecule has 1 N–H and O–H groups in total. The summed E-state index contributed by atoms with van der Waals surface area (Å²) in [6.07, 6.45) is 3.42. The maximum absolute atomic E-state index is 13.2. The quantitative estimate of drug-likeness (QED) is 0.869. The Bertz CT molecular complexity index is 853. The predicted octanol–water partition coefficient (Wildman–Crippen LogP) is 0.858. The van der Waals surface area contributed by atoms with Crippen molar-refractivity contribution < 1.29 is 17.9 Å². The number of hydrogen-bond donors (Lipinski definition) is 1. The van der Waals surface area contributed by atoms with Crippen LogP contribution < -0.4 is 9.47 Å². The van der Waals surface area contributed by atoms with Crippen LogP contribution >= 0.6 is 0 Å². The van der Waals surface area contributed by atoms with Gasteiger partial charge in [-0.25, -0.2) is 13.4 Å². The molecule has 2 aromatic rings. The first-order valence-electron chi connectivity index (χ1n) is 8.15. The first-order chi connectivity index (χ1) is 12.1. The molecule has 0 saturated carbocycles. The lowest BCUT2D eigenvalue weighted by atomic mass is 10.2. The van der Waals surface area contributed by atoms with Crippen LogP contribution in [0.5, 0.6) is 11.5 Å². The number of piperazine rings is 1. The molecule has 0 spiro atoms. The second-order valence-electron chi connectivity index (χ2n) is 6.11. The lowest BCUT2D eigenvalue weighted by Gasteiger charge is -2.38. The number of nitrogens with zero attached hydrogens (tertiary/aromatic N) is 3. The van der Waals surface area contributed by atoms with E-state index in [1.807, 2.05) is 7.05 Å². The highest BCUT2D eigenvalue weighted by atomic mass is 32.2.